The smallest absolute Gasteiger partial charge is 0.236 e. The first-order valence-corrected chi connectivity index (χ1v) is 17.2. The van der Waals surface area contributed by atoms with Crippen molar-refractivity contribution in [3.63, 3.8) is 0 Å². The quantitative estimate of drug-likeness (QED) is 0.323. The minimum absolute atomic E-state index is 0.0698. The predicted octanol–water partition coefficient (Wildman–Crippen LogP) is 6.95. The van der Waals surface area contributed by atoms with Crippen LogP contribution in [0.3, 0.4) is 0 Å². The number of rotatable bonds is 9. The van der Waals surface area contributed by atoms with Gasteiger partial charge >= 0.3 is 0 Å². The first kappa shape index (κ1) is 38.5. The summed E-state index contributed by atoms with van der Waals surface area (Å²) in [4.78, 5) is 20.3. The fourth-order valence-electron chi connectivity index (χ4n) is 5.35. The third-order valence-corrected chi connectivity index (χ3v) is 9.17. The summed E-state index contributed by atoms with van der Waals surface area (Å²) < 4.78 is 44.5. The molecule has 0 spiro atoms. The van der Waals surface area contributed by atoms with Crippen LogP contribution in [0.4, 0.5) is 10.1 Å². The lowest BCUT2D eigenvalue weighted by Crippen LogP contribution is -2.48. The molecule has 3 heterocycles. The van der Waals surface area contributed by atoms with E-state index in [0.717, 1.165) is 49.8 Å². The normalized spacial score (nSPS) is 21.0. The van der Waals surface area contributed by atoms with Gasteiger partial charge in [-0.2, -0.15) is 0 Å². The van der Waals surface area contributed by atoms with E-state index >= 15 is 0 Å². The number of halogens is 1. The number of nitrogens with zero attached hydrogens (tertiary/aromatic N) is 3. The first-order chi connectivity index (χ1) is 20.6. The zero-order valence-electron chi connectivity index (χ0n) is 28.0. The van der Waals surface area contributed by atoms with Crippen LogP contribution < -0.4 is 9.62 Å². The number of ether oxygens (including phenoxy) is 1. The Morgan fingerprint density at radius 3 is 2.26 bits per heavy atom. The van der Waals surface area contributed by atoms with Crippen molar-refractivity contribution in [1.29, 1.82) is 0 Å². The minimum atomic E-state index is -3.43. The van der Waals surface area contributed by atoms with Crippen molar-refractivity contribution in [2.24, 2.45) is 18.0 Å². The molecule has 1 aromatic heterocycles. The average Bonchev–Trinajstić information content (AvgIpc) is 3.31. The number of aromatic nitrogens is 1. The summed E-state index contributed by atoms with van der Waals surface area (Å²) in [5, 5.41) is 0. The number of amides is 1. The largest absolute Gasteiger partial charge is 0.359 e. The highest BCUT2D eigenvalue weighted by Crippen LogP contribution is 2.39. The molecule has 244 valence electrons. The molecule has 0 saturated heterocycles. The standard InChI is InChI=1S/C22H33N3O2.C7H10FNO2S.2C2H6/c1-6-8-17(9-7-2)25-20-14-24(4)15(3)18(20)12-19(22(25)26)16-10-11-21(27-5)23-13-16;1-9-12(10,11)7-4-2-3-6(8)5-7;2*1-2/h10,13-14,17,19,21H,6-9,11-12H2,1-5H3;2-4,6,9H,5H2,1H3;2*1-2H3. The Morgan fingerprint density at radius 2 is 1.77 bits per heavy atom. The maximum Gasteiger partial charge on any atom is 0.236 e. The maximum atomic E-state index is 13.6. The number of carbonyl (C=O) groups is 1. The zero-order chi connectivity index (χ0) is 32.7. The molecule has 1 aromatic rings. The molecule has 3 aliphatic rings. The lowest BCUT2D eigenvalue weighted by atomic mass is 9.84. The van der Waals surface area contributed by atoms with E-state index in [9.17, 15) is 17.6 Å². The Morgan fingerprint density at radius 1 is 1.14 bits per heavy atom. The van der Waals surface area contributed by atoms with Crippen molar-refractivity contribution in [1.82, 2.24) is 9.29 Å². The number of hydrogen-bond acceptors (Lipinski definition) is 5. The molecule has 8 nitrogen and oxygen atoms in total. The molecule has 1 aliphatic carbocycles. The summed E-state index contributed by atoms with van der Waals surface area (Å²) in [7, 11) is 1.62. The Kier molecular flexibility index (Phi) is 17.0. The highest BCUT2D eigenvalue weighted by molar-refractivity contribution is 7.93. The van der Waals surface area contributed by atoms with Crippen LogP contribution in [0, 0.1) is 12.8 Å². The van der Waals surface area contributed by atoms with E-state index < -0.39 is 16.2 Å². The second kappa shape index (κ2) is 19.0. The van der Waals surface area contributed by atoms with Gasteiger partial charge in [-0.05, 0) is 50.4 Å². The summed E-state index contributed by atoms with van der Waals surface area (Å²) in [5.41, 5.74) is 4.72. The van der Waals surface area contributed by atoms with Crippen molar-refractivity contribution < 1.29 is 22.3 Å². The van der Waals surface area contributed by atoms with Gasteiger partial charge in [-0.1, -0.05) is 72.6 Å². The van der Waals surface area contributed by atoms with E-state index in [1.165, 1.54) is 36.5 Å². The number of anilines is 1. The molecular formula is C33H55FN4O4S. The number of hydrogen-bond donors (Lipinski definition) is 1. The molecule has 3 atom stereocenters. The Bertz CT molecular complexity index is 1240. The van der Waals surface area contributed by atoms with Gasteiger partial charge in [0.1, 0.15) is 6.17 Å². The number of aryl methyl sites for hydroxylation is 1. The van der Waals surface area contributed by atoms with Crippen LogP contribution in [-0.2, 0) is 33.0 Å². The molecule has 43 heavy (non-hydrogen) atoms. The Balaban J connectivity index is 0.000000483. The van der Waals surface area contributed by atoms with Gasteiger partial charge in [-0.15, -0.1) is 0 Å². The lowest BCUT2D eigenvalue weighted by Gasteiger charge is -2.39. The van der Waals surface area contributed by atoms with Crippen LogP contribution in [0.2, 0.25) is 0 Å². The number of nitrogens with one attached hydrogen (secondary N) is 1. The van der Waals surface area contributed by atoms with E-state index in [1.807, 2.05) is 33.9 Å². The summed E-state index contributed by atoms with van der Waals surface area (Å²) in [6, 6.07) is 0.267. The summed E-state index contributed by atoms with van der Waals surface area (Å²) >= 11 is 0. The van der Waals surface area contributed by atoms with Gasteiger partial charge in [-0.25, -0.2) is 17.5 Å². The number of methoxy groups -OCH3 is 1. The van der Waals surface area contributed by atoms with Crippen molar-refractivity contribution in [2.45, 2.75) is 112 Å². The third-order valence-electron chi connectivity index (χ3n) is 7.63. The summed E-state index contributed by atoms with van der Waals surface area (Å²) in [6.45, 7) is 14.6. The van der Waals surface area contributed by atoms with Gasteiger partial charge in [0.05, 0.1) is 16.5 Å². The van der Waals surface area contributed by atoms with Crippen LogP contribution in [0.25, 0.3) is 0 Å². The SMILES string of the molecule is CC.CC.CCCC(CCC)N1C(=O)C(C2=CCC(OC)N=C2)Cc2c1cn(C)c2C.CNS(=O)(=O)C1=CC=CC(F)C1. The number of dihydropyridines is 1. The Hall–Kier alpha value is -2.56. The molecule has 1 amide bonds. The van der Waals surface area contributed by atoms with Gasteiger partial charge in [0.2, 0.25) is 15.9 Å². The fourth-order valence-corrected chi connectivity index (χ4v) is 6.25. The molecule has 0 bridgehead atoms. The summed E-state index contributed by atoms with van der Waals surface area (Å²) in [5.74, 6) is 0.0879. The van der Waals surface area contributed by atoms with Crippen LogP contribution in [-0.4, -0.2) is 57.7 Å². The van der Waals surface area contributed by atoms with Crippen molar-refractivity contribution in [3.05, 3.63) is 52.2 Å². The van der Waals surface area contributed by atoms with E-state index in [1.54, 1.807) is 7.11 Å². The van der Waals surface area contributed by atoms with Gasteiger partial charge in [-0.3, -0.25) is 9.79 Å². The first-order valence-electron chi connectivity index (χ1n) is 15.8. The maximum absolute atomic E-state index is 13.6. The van der Waals surface area contributed by atoms with E-state index in [2.05, 4.69) is 59.3 Å². The van der Waals surface area contributed by atoms with Crippen LogP contribution in [0.5, 0.6) is 0 Å². The number of fused-ring (bicyclic) bond motifs is 1. The average molecular weight is 623 g/mol. The predicted molar refractivity (Wildman–Crippen MR) is 178 cm³/mol. The van der Waals surface area contributed by atoms with Gasteiger partial charge in [0, 0.05) is 51.1 Å². The highest BCUT2D eigenvalue weighted by atomic mass is 32.2. The van der Waals surface area contributed by atoms with Crippen molar-refractivity contribution >= 4 is 27.8 Å². The minimum Gasteiger partial charge on any atom is -0.359 e. The molecule has 0 aromatic carbocycles. The number of aliphatic imine (C=N–C) groups is 1. The molecule has 4 rings (SSSR count). The van der Waals surface area contributed by atoms with Gasteiger partial charge in [0.15, 0.2) is 6.23 Å². The van der Waals surface area contributed by atoms with Crippen molar-refractivity contribution in [2.75, 3.05) is 19.1 Å². The van der Waals surface area contributed by atoms with Crippen molar-refractivity contribution in [3.8, 4) is 0 Å². The third kappa shape index (κ3) is 9.98. The van der Waals surface area contributed by atoms with Crippen LogP contribution in [0.1, 0.15) is 91.3 Å². The number of allylic oxidation sites excluding steroid dienone is 4. The summed E-state index contributed by atoms with van der Waals surface area (Å²) in [6.07, 6.45) is 14.7. The highest BCUT2D eigenvalue weighted by Gasteiger charge is 2.39. The molecule has 0 fully saturated rings. The monoisotopic (exact) mass is 622 g/mol. The van der Waals surface area contributed by atoms with Crippen LogP contribution >= 0.6 is 0 Å². The fraction of sp³-hybridized carbons (Fsp3) is 0.636. The lowest BCUT2D eigenvalue weighted by molar-refractivity contribution is -0.122. The van der Waals surface area contributed by atoms with E-state index in [-0.39, 0.29) is 35.4 Å². The second-order valence-corrected chi connectivity index (χ2v) is 12.2. The topological polar surface area (TPSA) is 93.0 Å². The zero-order valence-corrected chi connectivity index (χ0v) is 28.8. The van der Waals surface area contributed by atoms with Crippen LogP contribution in [0.15, 0.2) is 46.0 Å². The second-order valence-electron chi connectivity index (χ2n) is 10.2. The Labute approximate surface area is 260 Å². The number of sulfonamides is 1. The van der Waals surface area contributed by atoms with Gasteiger partial charge in [0.25, 0.3) is 0 Å². The number of carbonyl (C=O) groups excluding carboxylic acids is 1. The van der Waals surface area contributed by atoms with E-state index in [0.29, 0.717) is 0 Å². The molecule has 0 radical (unpaired) electrons. The number of alkyl halides is 1. The van der Waals surface area contributed by atoms with Gasteiger partial charge < -0.3 is 14.2 Å². The molecule has 0 saturated carbocycles. The molecule has 3 unspecified atom stereocenters. The molecule has 2 aliphatic heterocycles. The van der Waals surface area contributed by atoms with E-state index in [4.69, 9.17) is 4.74 Å². The molecular weight excluding hydrogens is 567 g/mol. The molecule has 1 N–H and O–H groups in total. The molecule has 10 heteroatoms.